The van der Waals surface area contributed by atoms with Crippen molar-refractivity contribution in [2.45, 2.75) is 38.6 Å². The maximum absolute atomic E-state index is 11.8. The second-order valence-corrected chi connectivity index (χ2v) is 6.65. The summed E-state index contributed by atoms with van der Waals surface area (Å²) >= 11 is 5.21. The van der Waals surface area contributed by atoms with Gasteiger partial charge in [-0.3, -0.25) is 9.69 Å². The first-order chi connectivity index (χ1) is 9.20. The van der Waals surface area contributed by atoms with E-state index in [4.69, 9.17) is 4.74 Å². The molecule has 5 heteroatoms. The molecular weight excluding hydrogens is 326 g/mol. The van der Waals surface area contributed by atoms with Crippen molar-refractivity contribution in [2.24, 2.45) is 0 Å². The molecule has 1 fully saturated rings. The molecule has 1 atom stereocenters. The summed E-state index contributed by atoms with van der Waals surface area (Å²) in [6, 6.07) is 2.30. The van der Waals surface area contributed by atoms with Crippen LogP contribution in [0.5, 0.6) is 0 Å². The van der Waals surface area contributed by atoms with Crippen LogP contribution in [-0.4, -0.2) is 30.6 Å². The van der Waals surface area contributed by atoms with Crippen molar-refractivity contribution in [2.75, 3.05) is 19.7 Å². The smallest absolute Gasteiger partial charge is 0.307 e. The van der Waals surface area contributed by atoms with Crippen molar-refractivity contribution in [3.8, 4) is 0 Å². The maximum atomic E-state index is 11.8. The van der Waals surface area contributed by atoms with Gasteiger partial charge in [0.15, 0.2) is 0 Å². The largest absolute Gasteiger partial charge is 0.466 e. The van der Waals surface area contributed by atoms with Gasteiger partial charge in [0.2, 0.25) is 0 Å². The average molecular weight is 346 g/mol. The van der Waals surface area contributed by atoms with E-state index in [2.05, 4.69) is 32.3 Å². The summed E-state index contributed by atoms with van der Waals surface area (Å²) in [5.41, 5.74) is 0. The molecule has 1 aliphatic heterocycles. The molecule has 19 heavy (non-hydrogen) atoms. The van der Waals surface area contributed by atoms with Crippen molar-refractivity contribution in [3.05, 3.63) is 20.8 Å². The molecule has 3 nitrogen and oxygen atoms in total. The molecule has 1 unspecified atom stereocenters. The minimum Gasteiger partial charge on any atom is -0.466 e. The zero-order chi connectivity index (χ0) is 13.7. The number of carbonyl (C=O) groups excluding carboxylic acids is 1. The van der Waals surface area contributed by atoms with E-state index in [-0.39, 0.29) is 12.0 Å². The third-order valence-electron chi connectivity index (χ3n) is 3.41. The summed E-state index contributed by atoms with van der Waals surface area (Å²) in [5.74, 6) is -0.0948. The van der Waals surface area contributed by atoms with Gasteiger partial charge in [0.05, 0.1) is 19.1 Å². The number of hydrogen-bond acceptors (Lipinski definition) is 4. The van der Waals surface area contributed by atoms with Crippen LogP contribution in [-0.2, 0) is 9.53 Å². The summed E-state index contributed by atoms with van der Waals surface area (Å²) in [5, 5.41) is 2.08. The third-order valence-corrected chi connectivity index (χ3v) is 5.21. The SMILES string of the molecule is CCOC(=O)CC(c1cc(Br)cs1)N1CCCCC1. The van der Waals surface area contributed by atoms with Crippen LogP contribution in [0.3, 0.4) is 0 Å². The van der Waals surface area contributed by atoms with Crippen LogP contribution in [0.2, 0.25) is 0 Å². The average Bonchev–Trinajstić information content (AvgIpc) is 2.84. The van der Waals surface area contributed by atoms with E-state index >= 15 is 0 Å². The monoisotopic (exact) mass is 345 g/mol. The van der Waals surface area contributed by atoms with Gasteiger partial charge in [-0.1, -0.05) is 6.42 Å². The predicted octanol–water partition coefficient (Wildman–Crippen LogP) is 3.99. The molecule has 106 valence electrons. The molecule has 0 amide bonds. The first-order valence-corrected chi connectivity index (χ1v) is 8.51. The second-order valence-electron chi connectivity index (χ2n) is 4.79. The Bertz CT molecular complexity index is 415. The first-order valence-electron chi connectivity index (χ1n) is 6.84. The summed E-state index contributed by atoms with van der Waals surface area (Å²) in [4.78, 5) is 15.5. The number of rotatable bonds is 5. The first kappa shape index (κ1) is 15.0. The van der Waals surface area contributed by atoms with Crippen LogP contribution in [0.4, 0.5) is 0 Å². The summed E-state index contributed by atoms with van der Waals surface area (Å²) in [6.07, 6.45) is 4.22. The lowest BCUT2D eigenvalue weighted by molar-refractivity contribution is -0.144. The van der Waals surface area contributed by atoms with Crippen LogP contribution < -0.4 is 0 Å². The van der Waals surface area contributed by atoms with Crippen molar-refractivity contribution in [1.29, 1.82) is 0 Å². The Morgan fingerprint density at radius 1 is 1.47 bits per heavy atom. The number of halogens is 1. The van der Waals surface area contributed by atoms with E-state index in [0.717, 1.165) is 17.6 Å². The Labute approximate surface area is 127 Å². The van der Waals surface area contributed by atoms with E-state index in [1.165, 1.54) is 24.1 Å². The Morgan fingerprint density at radius 2 is 2.21 bits per heavy atom. The Balaban J connectivity index is 2.10. The minimum atomic E-state index is -0.0948. The van der Waals surface area contributed by atoms with E-state index < -0.39 is 0 Å². The number of piperidine rings is 1. The van der Waals surface area contributed by atoms with Gasteiger partial charge in [-0.2, -0.15) is 0 Å². The number of hydrogen-bond donors (Lipinski definition) is 0. The molecular formula is C14H20BrNO2S. The van der Waals surface area contributed by atoms with Crippen LogP contribution in [0.25, 0.3) is 0 Å². The highest BCUT2D eigenvalue weighted by atomic mass is 79.9. The number of esters is 1. The van der Waals surface area contributed by atoms with Crippen LogP contribution >= 0.6 is 27.3 Å². The molecule has 2 rings (SSSR count). The van der Waals surface area contributed by atoms with Gasteiger partial charge in [0, 0.05) is 14.7 Å². The number of thiophene rings is 1. The molecule has 0 aliphatic carbocycles. The number of nitrogens with zero attached hydrogens (tertiary/aromatic N) is 1. The topological polar surface area (TPSA) is 29.5 Å². The van der Waals surface area contributed by atoms with E-state index in [0.29, 0.717) is 13.0 Å². The fraction of sp³-hybridized carbons (Fsp3) is 0.643. The molecule has 0 saturated carbocycles. The number of likely N-dealkylation sites (tertiary alicyclic amines) is 1. The van der Waals surface area contributed by atoms with E-state index in [1.54, 1.807) is 11.3 Å². The molecule has 2 heterocycles. The van der Waals surface area contributed by atoms with Gasteiger partial charge in [-0.25, -0.2) is 0 Å². The fourth-order valence-electron chi connectivity index (χ4n) is 2.52. The lowest BCUT2D eigenvalue weighted by Gasteiger charge is -2.33. The van der Waals surface area contributed by atoms with Crippen molar-refractivity contribution < 1.29 is 9.53 Å². The normalized spacial score (nSPS) is 18.2. The van der Waals surface area contributed by atoms with Crippen LogP contribution in [0.15, 0.2) is 15.9 Å². The lowest BCUT2D eigenvalue weighted by Crippen LogP contribution is -2.34. The maximum Gasteiger partial charge on any atom is 0.307 e. The predicted molar refractivity (Wildman–Crippen MR) is 81.4 cm³/mol. The molecule has 1 saturated heterocycles. The summed E-state index contributed by atoms with van der Waals surface area (Å²) in [6.45, 7) is 4.48. The second kappa shape index (κ2) is 7.41. The standard InChI is InChI=1S/C14H20BrNO2S/c1-2-18-14(17)9-12(13-8-11(15)10-19-13)16-6-4-3-5-7-16/h8,10,12H,2-7,9H2,1H3. The van der Waals surface area contributed by atoms with Gasteiger partial charge in [0.1, 0.15) is 0 Å². The van der Waals surface area contributed by atoms with Crippen LogP contribution in [0, 0.1) is 0 Å². The lowest BCUT2D eigenvalue weighted by atomic mass is 10.0. The van der Waals surface area contributed by atoms with Crippen molar-refractivity contribution in [3.63, 3.8) is 0 Å². The molecule has 0 N–H and O–H groups in total. The van der Waals surface area contributed by atoms with Gasteiger partial charge in [-0.15, -0.1) is 11.3 Å². The van der Waals surface area contributed by atoms with E-state index in [9.17, 15) is 4.79 Å². The Hall–Kier alpha value is -0.390. The van der Waals surface area contributed by atoms with Gasteiger partial charge >= 0.3 is 5.97 Å². The minimum absolute atomic E-state index is 0.0948. The molecule has 0 aromatic carbocycles. The zero-order valence-electron chi connectivity index (χ0n) is 11.2. The van der Waals surface area contributed by atoms with Crippen molar-refractivity contribution >= 4 is 33.2 Å². The highest BCUT2D eigenvalue weighted by molar-refractivity contribution is 9.10. The van der Waals surface area contributed by atoms with Crippen LogP contribution in [0.1, 0.15) is 43.5 Å². The molecule has 1 aliphatic rings. The molecule has 1 aromatic heterocycles. The zero-order valence-corrected chi connectivity index (χ0v) is 13.6. The third kappa shape index (κ3) is 4.29. The van der Waals surface area contributed by atoms with Crippen molar-refractivity contribution in [1.82, 2.24) is 4.90 Å². The summed E-state index contributed by atoms with van der Waals surface area (Å²) in [7, 11) is 0. The van der Waals surface area contributed by atoms with Gasteiger partial charge in [-0.05, 0) is 54.9 Å². The Kier molecular flexibility index (Phi) is 5.85. The molecule has 0 radical (unpaired) electrons. The highest BCUT2D eigenvalue weighted by Crippen LogP contribution is 2.33. The summed E-state index contributed by atoms with van der Waals surface area (Å²) < 4.78 is 6.21. The molecule has 0 spiro atoms. The van der Waals surface area contributed by atoms with Gasteiger partial charge < -0.3 is 4.74 Å². The van der Waals surface area contributed by atoms with Gasteiger partial charge in [0.25, 0.3) is 0 Å². The number of ether oxygens (including phenoxy) is 1. The Morgan fingerprint density at radius 3 is 2.79 bits per heavy atom. The fourth-order valence-corrected chi connectivity index (χ4v) is 4.10. The quantitative estimate of drug-likeness (QED) is 0.755. The highest BCUT2D eigenvalue weighted by Gasteiger charge is 2.26. The number of carbonyl (C=O) groups is 1. The molecule has 0 bridgehead atoms. The van der Waals surface area contributed by atoms with E-state index in [1.807, 2.05) is 6.92 Å². The molecule has 1 aromatic rings.